The summed E-state index contributed by atoms with van der Waals surface area (Å²) in [6.45, 7) is 14.9. The van der Waals surface area contributed by atoms with Crippen molar-refractivity contribution in [1.29, 1.82) is 0 Å². The zero-order valence-electron chi connectivity index (χ0n) is 10.5. The molecule has 0 saturated carbocycles. The molecule has 0 amide bonds. The Bertz CT molecular complexity index is 194. The fraction of sp³-hybridized carbons (Fsp3) is 0.909. The summed E-state index contributed by atoms with van der Waals surface area (Å²) in [5, 5.41) is 0.212. The van der Waals surface area contributed by atoms with E-state index in [-0.39, 0.29) is 17.1 Å². The zero-order chi connectivity index (χ0) is 11.6. The fourth-order valence-corrected chi connectivity index (χ4v) is 2.36. The fourth-order valence-electron chi connectivity index (χ4n) is 0.859. The van der Waals surface area contributed by atoms with Crippen LogP contribution in [0, 0.1) is 5.92 Å². The van der Waals surface area contributed by atoms with Crippen LogP contribution >= 0.6 is 0 Å². The predicted molar refractivity (Wildman–Crippen MR) is 63.0 cm³/mol. The van der Waals surface area contributed by atoms with Gasteiger partial charge in [-0.2, -0.15) is 0 Å². The van der Waals surface area contributed by atoms with Crippen LogP contribution in [0.4, 0.5) is 0 Å². The SMILES string of the molecule is C[C@H](C=O)[C@H](C)O[Si](C)(C)C(C)(C)C. The van der Waals surface area contributed by atoms with E-state index in [1.54, 1.807) is 0 Å². The van der Waals surface area contributed by atoms with Crippen molar-refractivity contribution in [2.45, 2.75) is 58.9 Å². The minimum Gasteiger partial charge on any atom is -0.414 e. The van der Waals surface area contributed by atoms with Crippen molar-refractivity contribution in [3.8, 4) is 0 Å². The van der Waals surface area contributed by atoms with Crippen LogP contribution in [0.3, 0.4) is 0 Å². The summed E-state index contributed by atoms with van der Waals surface area (Å²) in [6, 6.07) is 0. The molecule has 3 heteroatoms. The quantitative estimate of drug-likeness (QED) is 0.533. The van der Waals surface area contributed by atoms with Gasteiger partial charge in [0.05, 0.1) is 6.10 Å². The third kappa shape index (κ3) is 3.54. The highest BCUT2D eigenvalue weighted by Crippen LogP contribution is 2.37. The molecule has 84 valence electrons. The lowest BCUT2D eigenvalue weighted by Gasteiger charge is -2.39. The van der Waals surface area contributed by atoms with Gasteiger partial charge in [0, 0.05) is 5.92 Å². The molecule has 0 fully saturated rings. The average Bonchev–Trinajstić information content (AvgIpc) is 2.00. The van der Waals surface area contributed by atoms with Crippen molar-refractivity contribution in [3.63, 3.8) is 0 Å². The van der Waals surface area contributed by atoms with Crippen molar-refractivity contribution >= 4 is 14.6 Å². The number of rotatable bonds is 4. The van der Waals surface area contributed by atoms with E-state index in [0.29, 0.717) is 0 Å². The standard InChI is InChI=1S/C11H24O2Si/c1-9(8-12)10(2)13-14(6,7)11(3,4)5/h8-10H,1-7H3/t9-,10+/m1/s1. The molecule has 0 N–H and O–H groups in total. The molecule has 0 unspecified atom stereocenters. The Kier molecular flexibility index (Phi) is 4.53. The summed E-state index contributed by atoms with van der Waals surface area (Å²) in [4.78, 5) is 10.6. The van der Waals surface area contributed by atoms with E-state index >= 15 is 0 Å². The van der Waals surface area contributed by atoms with Gasteiger partial charge < -0.3 is 9.22 Å². The van der Waals surface area contributed by atoms with Crippen LogP contribution in [0.15, 0.2) is 0 Å². The van der Waals surface area contributed by atoms with Crippen LogP contribution in [0.5, 0.6) is 0 Å². The number of carbonyl (C=O) groups excluding carboxylic acids is 1. The zero-order valence-corrected chi connectivity index (χ0v) is 11.5. The first-order chi connectivity index (χ1) is 6.12. The lowest BCUT2D eigenvalue weighted by Crippen LogP contribution is -2.44. The molecule has 0 aromatic heterocycles. The predicted octanol–water partition coefficient (Wildman–Crippen LogP) is 3.23. The van der Waals surface area contributed by atoms with Crippen LogP contribution in [-0.4, -0.2) is 20.7 Å². The molecule has 0 bridgehead atoms. The summed E-state index contributed by atoms with van der Waals surface area (Å²) in [5.41, 5.74) is 0. The third-order valence-electron chi connectivity index (χ3n) is 3.24. The number of hydrogen-bond acceptors (Lipinski definition) is 2. The van der Waals surface area contributed by atoms with Crippen LogP contribution in [-0.2, 0) is 9.22 Å². The Morgan fingerprint density at radius 2 is 1.64 bits per heavy atom. The van der Waals surface area contributed by atoms with Gasteiger partial charge in [-0.3, -0.25) is 0 Å². The van der Waals surface area contributed by atoms with Crippen molar-refractivity contribution in [3.05, 3.63) is 0 Å². The first-order valence-corrected chi connectivity index (χ1v) is 8.16. The molecule has 0 aliphatic carbocycles. The largest absolute Gasteiger partial charge is 0.414 e. The minimum atomic E-state index is -1.71. The maximum absolute atomic E-state index is 10.6. The van der Waals surface area contributed by atoms with Gasteiger partial charge in [0.1, 0.15) is 6.29 Å². The van der Waals surface area contributed by atoms with Crippen molar-refractivity contribution < 1.29 is 9.22 Å². The first kappa shape index (κ1) is 13.8. The Labute approximate surface area is 89.2 Å². The highest BCUT2D eigenvalue weighted by atomic mass is 28.4. The monoisotopic (exact) mass is 216 g/mol. The molecule has 0 aromatic carbocycles. The summed E-state index contributed by atoms with van der Waals surface area (Å²) in [5.74, 6) is -0.0101. The maximum atomic E-state index is 10.6. The van der Waals surface area contributed by atoms with Gasteiger partial charge in [0.2, 0.25) is 0 Å². The van der Waals surface area contributed by atoms with Gasteiger partial charge in [0.15, 0.2) is 8.32 Å². The Hall–Kier alpha value is -0.153. The second-order valence-corrected chi connectivity index (χ2v) is 10.3. The molecule has 0 radical (unpaired) electrons. The minimum absolute atomic E-state index is 0.0101. The highest BCUT2D eigenvalue weighted by molar-refractivity contribution is 6.74. The highest BCUT2D eigenvalue weighted by Gasteiger charge is 2.39. The molecule has 2 nitrogen and oxygen atoms in total. The van der Waals surface area contributed by atoms with E-state index in [0.717, 1.165) is 6.29 Å². The average molecular weight is 216 g/mol. The Morgan fingerprint density at radius 1 is 1.21 bits per heavy atom. The number of aldehydes is 1. The molecule has 0 heterocycles. The maximum Gasteiger partial charge on any atom is 0.192 e. The van der Waals surface area contributed by atoms with E-state index in [2.05, 4.69) is 33.9 Å². The van der Waals surface area contributed by atoms with E-state index < -0.39 is 8.32 Å². The molecule has 0 rings (SSSR count). The van der Waals surface area contributed by atoms with E-state index in [9.17, 15) is 4.79 Å². The van der Waals surface area contributed by atoms with Gasteiger partial charge in [-0.15, -0.1) is 0 Å². The molecule has 0 spiro atoms. The smallest absolute Gasteiger partial charge is 0.192 e. The van der Waals surface area contributed by atoms with Crippen LogP contribution in [0.25, 0.3) is 0 Å². The van der Waals surface area contributed by atoms with Crippen molar-refractivity contribution in [1.82, 2.24) is 0 Å². The molecule has 0 aromatic rings. The molecular formula is C11H24O2Si. The van der Waals surface area contributed by atoms with Crippen LogP contribution < -0.4 is 0 Å². The normalized spacial score (nSPS) is 17.6. The summed E-state index contributed by atoms with van der Waals surface area (Å²) in [6.07, 6.45) is 1.01. The van der Waals surface area contributed by atoms with Gasteiger partial charge in [0.25, 0.3) is 0 Å². The number of hydrogen-bond donors (Lipinski definition) is 0. The molecule has 0 aliphatic rings. The van der Waals surface area contributed by atoms with Gasteiger partial charge in [-0.05, 0) is 25.1 Å². The lowest BCUT2D eigenvalue weighted by molar-refractivity contribution is -0.112. The van der Waals surface area contributed by atoms with E-state index in [4.69, 9.17) is 4.43 Å². The molecule has 0 aliphatic heterocycles. The van der Waals surface area contributed by atoms with E-state index in [1.807, 2.05) is 13.8 Å². The molecule has 14 heavy (non-hydrogen) atoms. The van der Waals surface area contributed by atoms with E-state index in [1.165, 1.54) is 0 Å². The summed E-state index contributed by atoms with van der Waals surface area (Å²) in [7, 11) is -1.71. The van der Waals surface area contributed by atoms with Gasteiger partial charge in [-0.25, -0.2) is 0 Å². The number of carbonyl (C=O) groups is 1. The second-order valence-electron chi connectivity index (χ2n) is 5.58. The van der Waals surface area contributed by atoms with Crippen molar-refractivity contribution in [2.75, 3.05) is 0 Å². The lowest BCUT2D eigenvalue weighted by atomic mass is 10.1. The summed E-state index contributed by atoms with van der Waals surface area (Å²) >= 11 is 0. The summed E-state index contributed by atoms with van der Waals surface area (Å²) < 4.78 is 6.06. The topological polar surface area (TPSA) is 26.3 Å². The Morgan fingerprint density at radius 3 is 1.93 bits per heavy atom. The Balaban J connectivity index is 4.44. The van der Waals surface area contributed by atoms with Crippen LogP contribution in [0.2, 0.25) is 18.1 Å². The van der Waals surface area contributed by atoms with Gasteiger partial charge >= 0.3 is 0 Å². The van der Waals surface area contributed by atoms with Crippen molar-refractivity contribution in [2.24, 2.45) is 5.92 Å². The second kappa shape index (κ2) is 4.58. The van der Waals surface area contributed by atoms with Crippen LogP contribution in [0.1, 0.15) is 34.6 Å². The molecular weight excluding hydrogens is 192 g/mol. The molecule has 0 saturated heterocycles. The third-order valence-corrected chi connectivity index (χ3v) is 7.82. The molecule has 2 atom stereocenters. The van der Waals surface area contributed by atoms with Gasteiger partial charge in [-0.1, -0.05) is 27.7 Å². The first-order valence-electron chi connectivity index (χ1n) is 5.25.